The van der Waals surface area contributed by atoms with Crippen molar-refractivity contribution in [3.8, 4) is 17.1 Å². The zero-order valence-corrected chi connectivity index (χ0v) is 23.2. The molecule has 2 aromatic carbocycles. The summed E-state index contributed by atoms with van der Waals surface area (Å²) in [7, 11) is 1.76. The van der Waals surface area contributed by atoms with E-state index in [1.165, 1.54) is 0 Å². The monoisotopic (exact) mass is 533 g/mol. The van der Waals surface area contributed by atoms with Gasteiger partial charge in [-0.2, -0.15) is 5.10 Å². The van der Waals surface area contributed by atoms with Gasteiger partial charge in [-0.25, -0.2) is 9.97 Å². The van der Waals surface area contributed by atoms with Gasteiger partial charge in [-0.05, 0) is 64.4 Å². The number of carbonyl (C=O) groups is 2. The third kappa shape index (κ3) is 6.02. The molecule has 4 aromatic rings. The van der Waals surface area contributed by atoms with Gasteiger partial charge >= 0.3 is 0 Å². The molecule has 0 spiro atoms. The van der Waals surface area contributed by atoms with E-state index in [2.05, 4.69) is 5.10 Å². The summed E-state index contributed by atoms with van der Waals surface area (Å²) in [6.45, 7) is 9.18. The highest BCUT2D eigenvalue weighted by Crippen LogP contribution is 2.31. The number of aryl methyl sites for hydroxylation is 2. The Balaban J connectivity index is 1.66. The molecule has 0 aliphatic carbocycles. The Morgan fingerprint density at radius 1 is 1.11 bits per heavy atom. The van der Waals surface area contributed by atoms with Gasteiger partial charge in [-0.15, -0.1) is 0 Å². The fourth-order valence-corrected chi connectivity index (χ4v) is 4.53. The minimum atomic E-state index is -0.213. The lowest BCUT2D eigenvalue weighted by Crippen LogP contribution is -2.28. The quantitative estimate of drug-likeness (QED) is 0.239. The topological polar surface area (TPSA) is 90.2 Å². The van der Waals surface area contributed by atoms with Gasteiger partial charge in [0.2, 0.25) is 0 Å². The SMILES string of the molecule is CCn1ncc(CN(C)C(=O)c2nc(-c3ccc(OCCCC(C)=O)cc3Cl)nc3ccc(C)cc23)c1C. The average molecular weight is 534 g/mol. The summed E-state index contributed by atoms with van der Waals surface area (Å²) in [5.74, 6) is 0.876. The molecule has 2 aromatic heterocycles. The lowest BCUT2D eigenvalue weighted by molar-refractivity contribution is -0.117. The van der Waals surface area contributed by atoms with Crippen LogP contribution in [0.4, 0.5) is 0 Å². The molecule has 0 N–H and O–H groups in total. The summed E-state index contributed by atoms with van der Waals surface area (Å²) in [5, 5.41) is 5.50. The molecule has 198 valence electrons. The number of benzene rings is 2. The first kappa shape index (κ1) is 27.3. The zero-order valence-electron chi connectivity index (χ0n) is 22.4. The predicted octanol–water partition coefficient (Wildman–Crippen LogP) is 5.80. The van der Waals surface area contributed by atoms with Crippen LogP contribution in [0, 0.1) is 13.8 Å². The Labute approximate surface area is 227 Å². The van der Waals surface area contributed by atoms with E-state index in [0.717, 1.165) is 23.4 Å². The van der Waals surface area contributed by atoms with Crippen LogP contribution in [-0.4, -0.2) is 50.0 Å². The number of Topliss-reactive ketones (excluding diaryl/α,β-unsaturated/α-hetero) is 1. The van der Waals surface area contributed by atoms with E-state index < -0.39 is 0 Å². The van der Waals surface area contributed by atoms with Crippen LogP contribution in [0.1, 0.15) is 54.0 Å². The zero-order chi connectivity index (χ0) is 27.4. The second-order valence-corrected chi connectivity index (χ2v) is 9.85. The first-order chi connectivity index (χ1) is 18.2. The van der Waals surface area contributed by atoms with E-state index in [1.807, 2.05) is 43.7 Å². The van der Waals surface area contributed by atoms with Gasteiger partial charge in [0.25, 0.3) is 5.91 Å². The van der Waals surface area contributed by atoms with Crippen molar-refractivity contribution in [2.45, 2.75) is 53.6 Å². The van der Waals surface area contributed by atoms with Crippen molar-refractivity contribution < 1.29 is 14.3 Å². The highest BCUT2D eigenvalue weighted by Gasteiger charge is 2.22. The molecule has 8 nitrogen and oxygen atoms in total. The van der Waals surface area contributed by atoms with E-state index in [0.29, 0.717) is 64.8 Å². The summed E-state index contributed by atoms with van der Waals surface area (Å²) in [6.07, 6.45) is 2.92. The number of amides is 1. The molecule has 9 heteroatoms. The Morgan fingerprint density at radius 2 is 1.89 bits per heavy atom. The Morgan fingerprint density at radius 3 is 2.58 bits per heavy atom. The maximum Gasteiger partial charge on any atom is 0.273 e. The molecule has 0 fully saturated rings. The molecule has 0 aliphatic heterocycles. The Kier molecular flexibility index (Phi) is 8.42. The van der Waals surface area contributed by atoms with Gasteiger partial charge in [-0.1, -0.05) is 23.2 Å². The fraction of sp³-hybridized carbons (Fsp3) is 0.345. The molecular weight excluding hydrogens is 502 g/mol. The van der Waals surface area contributed by atoms with Gasteiger partial charge in [0.1, 0.15) is 17.2 Å². The number of ketones is 1. The van der Waals surface area contributed by atoms with E-state index in [9.17, 15) is 9.59 Å². The van der Waals surface area contributed by atoms with E-state index >= 15 is 0 Å². The van der Waals surface area contributed by atoms with Crippen molar-refractivity contribution in [2.24, 2.45) is 0 Å². The van der Waals surface area contributed by atoms with Crippen LogP contribution in [0.2, 0.25) is 5.02 Å². The van der Waals surface area contributed by atoms with Gasteiger partial charge in [0, 0.05) is 48.8 Å². The highest BCUT2D eigenvalue weighted by atomic mass is 35.5. The number of hydrogen-bond acceptors (Lipinski definition) is 6. The average Bonchev–Trinajstić information content (AvgIpc) is 3.24. The first-order valence-corrected chi connectivity index (χ1v) is 13.0. The normalized spacial score (nSPS) is 11.1. The van der Waals surface area contributed by atoms with E-state index in [4.69, 9.17) is 26.3 Å². The lowest BCUT2D eigenvalue weighted by atomic mass is 10.1. The first-order valence-electron chi connectivity index (χ1n) is 12.6. The van der Waals surface area contributed by atoms with E-state index in [1.54, 1.807) is 43.3 Å². The number of ether oxygens (including phenoxy) is 1. The summed E-state index contributed by atoms with van der Waals surface area (Å²) in [6, 6.07) is 11.1. The van der Waals surface area contributed by atoms with Crippen LogP contribution in [0.25, 0.3) is 22.3 Å². The molecular formula is C29H32ClN5O3. The number of halogens is 1. The standard InChI is InChI=1S/C29H32ClN5O3/c1-6-35-20(4)21(16-31-35)17-34(5)29(37)27-24-14-18(2)9-12-26(24)32-28(33-27)23-11-10-22(15-25(23)30)38-13-7-8-19(3)36/h9-12,14-16H,6-8,13,17H2,1-5H3. The molecule has 38 heavy (non-hydrogen) atoms. The van der Waals surface area contributed by atoms with Crippen molar-refractivity contribution in [3.05, 3.63) is 70.1 Å². The van der Waals surface area contributed by atoms with Gasteiger partial charge in [0.05, 0.1) is 23.3 Å². The van der Waals surface area contributed by atoms with Gasteiger partial charge in [0.15, 0.2) is 5.82 Å². The van der Waals surface area contributed by atoms with Gasteiger partial charge in [-0.3, -0.25) is 9.48 Å². The number of aromatic nitrogens is 4. The van der Waals surface area contributed by atoms with Crippen molar-refractivity contribution >= 4 is 34.2 Å². The van der Waals surface area contributed by atoms with E-state index in [-0.39, 0.29) is 11.7 Å². The number of hydrogen-bond donors (Lipinski definition) is 0. The maximum absolute atomic E-state index is 13.7. The smallest absolute Gasteiger partial charge is 0.273 e. The minimum absolute atomic E-state index is 0.132. The highest BCUT2D eigenvalue weighted by molar-refractivity contribution is 6.33. The van der Waals surface area contributed by atoms with Crippen LogP contribution in [0.5, 0.6) is 5.75 Å². The van der Waals surface area contributed by atoms with Crippen LogP contribution >= 0.6 is 11.6 Å². The number of fused-ring (bicyclic) bond motifs is 1. The second kappa shape index (κ2) is 11.7. The molecule has 0 saturated carbocycles. The predicted molar refractivity (Wildman–Crippen MR) is 149 cm³/mol. The lowest BCUT2D eigenvalue weighted by Gasteiger charge is -2.18. The fourth-order valence-electron chi connectivity index (χ4n) is 4.27. The molecule has 1 amide bonds. The van der Waals surface area contributed by atoms with Gasteiger partial charge < -0.3 is 14.4 Å². The Hall–Kier alpha value is -3.78. The van der Waals surface area contributed by atoms with Crippen LogP contribution in [0.15, 0.2) is 42.6 Å². The Bertz CT molecular complexity index is 1500. The molecule has 0 unspecified atom stereocenters. The van der Waals surface area contributed by atoms with Crippen LogP contribution in [-0.2, 0) is 17.9 Å². The number of nitrogens with zero attached hydrogens (tertiary/aromatic N) is 5. The molecule has 2 heterocycles. The van der Waals surface area contributed by atoms with Crippen molar-refractivity contribution in [1.82, 2.24) is 24.6 Å². The molecule has 0 aliphatic rings. The summed E-state index contributed by atoms with van der Waals surface area (Å²) < 4.78 is 7.65. The largest absolute Gasteiger partial charge is 0.494 e. The minimum Gasteiger partial charge on any atom is -0.494 e. The molecule has 0 radical (unpaired) electrons. The summed E-state index contributed by atoms with van der Waals surface area (Å²) in [5.41, 5.74) is 4.60. The number of rotatable bonds is 10. The molecule has 4 rings (SSSR count). The maximum atomic E-state index is 13.7. The third-order valence-electron chi connectivity index (χ3n) is 6.44. The third-order valence-corrected chi connectivity index (χ3v) is 6.75. The summed E-state index contributed by atoms with van der Waals surface area (Å²) in [4.78, 5) is 35.9. The molecule has 0 bridgehead atoms. The van der Waals surface area contributed by atoms with Crippen molar-refractivity contribution in [2.75, 3.05) is 13.7 Å². The molecule has 0 atom stereocenters. The van der Waals surface area contributed by atoms with Crippen molar-refractivity contribution in [3.63, 3.8) is 0 Å². The van der Waals surface area contributed by atoms with Crippen LogP contribution in [0.3, 0.4) is 0 Å². The number of carbonyl (C=O) groups excluding carboxylic acids is 2. The summed E-state index contributed by atoms with van der Waals surface area (Å²) >= 11 is 6.62. The van der Waals surface area contributed by atoms with Crippen LogP contribution < -0.4 is 4.74 Å². The second-order valence-electron chi connectivity index (χ2n) is 9.44. The molecule has 0 saturated heterocycles. The van der Waals surface area contributed by atoms with Crippen molar-refractivity contribution in [1.29, 1.82) is 0 Å².